The largest absolute Gasteiger partial charge is 0.388 e. The number of rotatable bonds is 2. The molecule has 0 aromatic carbocycles. The first kappa shape index (κ1) is 10.5. The summed E-state index contributed by atoms with van der Waals surface area (Å²) in [6, 6.07) is 0. The van der Waals surface area contributed by atoms with Crippen molar-refractivity contribution in [1.82, 2.24) is 19.9 Å². The summed E-state index contributed by atoms with van der Waals surface area (Å²) in [6.07, 6.45) is 4.68. The molecule has 0 saturated carbocycles. The monoisotopic (exact) mass is 233 g/mol. The number of fused-ring (bicyclic) bond motifs is 1. The van der Waals surface area contributed by atoms with Crippen molar-refractivity contribution in [2.45, 2.75) is 25.4 Å². The summed E-state index contributed by atoms with van der Waals surface area (Å²) in [4.78, 5) is 17.6. The van der Waals surface area contributed by atoms with Gasteiger partial charge in [-0.15, -0.1) is 0 Å². The third kappa shape index (κ3) is 1.64. The summed E-state index contributed by atoms with van der Waals surface area (Å²) < 4.78 is 0. The maximum atomic E-state index is 10.2. The number of imidazole rings is 1. The number of nitrogens with zero attached hydrogens (tertiary/aromatic N) is 4. The average Bonchev–Trinajstić information content (AvgIpc) is 2.95. The Balaban J connectivity index is 1.98. The maximum absolute atomic E-state index is 10.2. The summed E-state index contributed by atoms with van der Waals surface area (Å²) >= 11 is 0. The molecule has 1 unspecified atom stereocenters. The van der Waals surface area contributed by atoms with Gasteiger partial charge in [-0.1, -0.05) is 6.92 Å². The second-order valence-corrected chi connectivity index (χ2v) is 4.55. The molecule has 0 radical (unpaired) electrons. The number of aromatic amines is 1. The van der Waals surface area contributed by atoms with Gasteiger partial charge in [-0.2, -0.15) is 0 Å². The van der Waals surface area contributed by atoms with Crippen LogP contribution in [0.25, 0.3) is 11.2 Å². The Kier molecular flexibility index (Phi) is 2.25. The van der Waals surface area contributed by atoms with Crippen LogP contribution >= 0.6 is 0 Å². The van der Waals surface area contributed by atoms with E-state index >= 15 is 0 Å². The van der Waals surface area contributed by atoms with Crippen LogP contribution < -0.4 is 4.90 Å². The molecule has 0 bridgehead atoms. The number of nitrogens with one attached hydrogen (secondary N) is 1. The molecular weight excluding hydrogens is 218 g/mol. The van der Waals surface area contributed by atoms with Crippen molar-refractivity contribution in [3.8, 4) is 0 Å². The van der Waals surface area contributed by atoms with E-state index in [2.05, 4.69) is 24.8 Å². The number of aromatic nitrogens is 4. The van der Waals surface area contributed by atoms with Gasteiger partial charge in [0.05, 0.1) is 11.9 Å². The first-order chi connectivity index (χ1) is 8.22. The average molecular weight is 233 g/mol. The van der Waals surface area contributed by atoms with Crippen LogP contribution in [0.4, 0.5) is 5.82 Å². The van der Waals surface area contributed by atoms with E-state index in [0.29, 0.717) is 12.2 Å². The maximum Gasteiger partial charge on any atom is 0.182 e. The molecule has 1 fully saturated rings. The van der Waals surface area contributed by atoms with Gasteiger partial charge in [0.15, 0.2) is 11.5 Å². The molecule has 0 amide bonds. The number of hydrogen-bond acceptors (Lipinski definition) is 5. The molecular formula is C11H15N5O. The van der Waals surface area contributed by atoms with Crippen LogP contribution in [0.15, 0.2) is 12.7 Å². The minimum Gasteiger partial charge on any atom is -0.388 e. The molecule has 1 aliphatic rings. The van der Waals surface area contributed by atoms with E-state index in [9.17, 15) is 5.11 Å². The van der Waals surface area contributed by atoms with Crippen LogP contribution in [0.2, 0.25) is 0 Å². The Hall–Kier alpha value is -1.69. The van der Waals surface area contributed by atoms with Gasteiger partial charge >= 0.3 is 0 Å². The molecule has 3 heterocycles. The van der Waals surface area contributed by atoms with Crippen molar-refractivity contribution in [2.75, 3.05) is 18.0 Å². The second kappa shape index (κ2) is 3.66. The van der Waals surface area contributed by atoms with Gasteiger partial charge in [0.2, 0.25) is 0 Å². The lowest BCUT2D eigenvalue weighted by Crippen LogP contribution is -2.32. The number of aliphatic hydroxyl groups is 1. The third-order valence-electron chi connectivity index (χ3n) is 3.49. The predicted molar refractivity (Wildman–Crippen MR) is 63.8 cm³/mol. The lowest BCUT2D eigenvalue weighted by atomic mass is 10.0. The fourth-order valence-corrected chi connectivity index (χ4v) is 2.32. The van der Waals surface area contributed by atoms with E-state index in [0.717, 1.165) is 30.7 Å². The highest BCUT2D eigenvalue weighted by molar-refractivity contribution is 5.82. The van der Waals surface area contributed by atoms with Gasteiger partial charge in [-0.05, 0) is 12.8 Å². The van der Waals surface area contributed by atoms with Crippen LogP contribution in [0.5, 0.6) is 0 Å². The molecule has 90 valence electrons. The van der Waals surface area contributed by atoms with Crippen molar-refractivity contribution >= 4 is 17.0 Å². The van der Waals surface area contributed by atoms with Gasteiger partial charge in [0.25, 0.3) is 0 Å². The van der Waals surface area contributed by atoms with Crippen molar-refractivity contribution in [3.63, 3.8) is 0 Å². The molecule has 6 nitrogen and oxygen atoms in total. The Bertz CT molecular complexity index is 539. The third-order valence-corrected chi connectivity index (χ3v) is 3.49. The van der Waals surface area contributed by atoms with Gasteiger partial charge in [-0.25, -0.2) is 15.0 Å². The van der Waals surface area contributed by atoms with Gasteiger partial charge < -0.3 is 15.0 Å². The van der Waals surface area contributed by atoms with Crippen LogP contribution in [-0.2, 0) is 0 Å². The molecule has 6 heteroatoms. The lowest BCUT2D eigenvalue weighted by molar-refractivity contribution is 0.0593. The van der Waals surface area contributed by atoms with Crippen molar-refractivity contribution in [2.24, 2.45) is 0 Å². The molecule has 17 heavy (non-hydrogen) atoms. The van der Waals surface area contributed by atoms with E-state index in [-0.39, 0.29) is 0 Å². The standard InChI is InChI=1S/C11H15N5O/c1-2-11(17)3-4-16(5-11)10-8-9(13-6-12-8)14-7-15-10/h6-7,17H,2-5H2,1H3,(H,12,13,14,15). The normalized spacial score (nSPS) is 24.7. The zero-order chi connectivity index (χ0) is 11.9. The number of β-amino-alcohol motifs (C(OH)–C–C–N with tert-alkyl or cyclic N) is 1. The summed E-state index contributed by atoms with van der Waals surface area (Å²) in [7, 11) is 0. The van der Waals surface area contributed by atoms with Crippen LogP contribution in [0.1, 0.15) is 19.8 Å². The number of H-pyrrole nitrogens is 1. The molecule has 0 aliphatic carbocycles. The van der Waals surface area contributed by atoms with E-state index in [1.807, 2.05) is 6.92 Å². The lowest BCUT2D eigenvalue weighted by Gasteiger charge is -2.22. The van der Waals surface area contributed by atoms with Crippen LogP contribution in [0, 0.1) is 0 Å². The highest BCUT2D eigenvalue weighted by atomic mass is 16.3. The van der Waals surface area contributed by atoms with E-state index in [1.165, 1.54) is 6.33 Å². The molecule has 3 rings (SSSR count). The van der Waals surface area contributed by atoms with E-state index in [4.69, 9.17) is 0 Å². The molecule has 1 aliphatic heterocycles. The van der Waals surface area contributed by atoms with Crippen molar-refractivity contribution in [3.05, 3.63) is 12.7 Å². The highest BCUT2D eigenvalue weighted by Crippen LogP contribution is 2.30. The molecule has 2 aromatic rings. The second-order valence-electron chi connectivity index (χ2n) is 4.55. The van der Waals surface area contributed by atoms with Gasteiger partial charge in [0, 0.05) is 13.1 Å². The minimum absolute atomic E-state index is 0.586. The molecule has 0 spiro atoms. The molecule has 2 N–H and O–H groups in total. The summed E-state index contributed by atoms with van der Waals surface area (Å²) in [5.74, 6) is 0.830. The Morgan fingerprint density at radius 1 is 1.47 bits per heavy atom. The summed E-state index contributed by atoms with van der Waals surface area (Å²) in [5, 5.41) is 10.2. The zero-order valence-electron chi connectivity index (χ0n) is 9.72. The van der Waals surface area contributed by atoms with Crippen molar-refractivity contribution < 1.29 is 5.11 Å². The first-order valence-electron chi connectivity index (χ1n) is 5.83. The smallest absolute Gasteiger partial charge is 0.182 e. The summed E-state index contributed by atoms with van der Waals surface area (Å²) in [6.45, 7) is 3.44. The van der Waals surface area contributed by atoms with Crippen LogP contribution in [-0.4, -0.2) is 43.7 Å². The molecule has 1 atom stereocenters. The topological polar surface area (TPSA) is 77.9 Å². The van der Waals surface area contributed by atoms with Crippen molar-refractivity contribution in [1.29, 1.82) is 0 Å². The number of hydrogen-bond donors (Lipinski definition) is 2. The van der Waals surface area contributed by atoms with E-state index < -0.39 is 5.60 Å². The van der Waals surface area contributed by atoms with E-state index in [1.54, 1.807) is 6.33 Å². The fourth-order valence-electron chi connectivity index (χ4n) is 2.32. The highest BCUT2D eigenvalue weighted by Gasteiger charge is 2.35. The SMILES string of the molecule is CCC1(O)CCN(c2ncnc3nc[nH]c23)C1. The first-order valence-corrected chi connectivity index (χ1v) is 5.83. The Labute approximate surface area is 98.7 Å². The zero-order valence-corrected chi connectivity index (χ0v) is 9.72. The molecule has 1 saturated heterocycles. The Morgan fingerprint density at radius 3 is 3.12 bits per heavy atom. The van der Waals surface area contributed by atoms with Gasteiger partial charge in [-0.3, -0.25) is 0 Å². The number of anilines is 1. The predicted octanol–water partition coefficient (Wildman–Crippen LogP) is 0.704. The Morgan fingerprint density at radius 2 is 2.35 bits per heavy atom. The van der Waals surface area contributed by atoms with Crippen LogP contribution in [0.3, 0.4) is 0 Å². The minimum atomic E-state index is -0.586. The summed E-state index contributed by atoms with van der Waals surface area (Å²) in [5.41, 5.74) is 0.923. The molecule has 2 aromatic heterocycles. The van der Waals surface area contributed by atoms with Gasteiger partial charge in [0.1, 0.15) is 11.8 Å². The quantitative estimate of drug-likeness (QED) is 0.798. The fraction of sp³-hybridized carbons (Fsp3) is 0.545.